The van der Waals surface area contributed by atoms with Crippen molar-refractivity contribution in [3.63, 3.8) is 0 Å². The van der Waals surface area contributed by atoms with Crippen LogP contribution in [0.3, 0.4) is 0 Å². The first-order chi connectivity index (χ1) is 17.1. The summed E-state index contributed by atoms with van der Waals surface area (Å²) in [5.41, 5.74) is 1.98. The van der Waals surface area contributed by atoms with Crippen LogP contribution in [-0.2, 0) is 20.9 Å². The first kappa shape index (κ1) is 29.2. The maximum absolute atomic E-state index is 13.8. The van der Waals surface area contributed by atoms with Gasteiger partial charge in [-0.05, 0) is 64.2 Å². The van der Waals surface area contributed by atoms with Crippen LogP contribution in [0.4, 0.5) is 4.79 Å². The molecule has 0 bridgehead atoms. The molecule has 7 nitrogen and oxygen atoms in total. The van der Waals surface area contributed by atoms with Gasteiger partial charge in [-0.1, -0.05) is 60.2 Å². The number of hydrogen-bond donors (Lipinski definition) is 2. The summed E-state index contributed by atoms with van der Waals surface area (Å²) in [4.78, 5) is 41.5. The lowest BCUT2D eigenvalue weighted by Gasteiger charge is -2.34. The van der Waals surface area contributed by atoms with Crippen LogP contribution >= 0.6 is 11.8 Å². The summed E-state index contributed by atoms with van der Waals surface area (Å²) in [6.07, 6.45) is 1.71. The summed E-state index contributed by atoms with van der Waals surface area (Å²) < 4.78 is 5.40. The SMILES string of the molecule is CCN(C(=O)C(CCSC)NC(=O)OC(C)(C)C)C(C(=O)NCc1ccccc1)c1cccc(C)c1. The Kier molecular flexibility index (Phi) is 11.3. The van der Waals surface area contributed by atoms with Crippen LogP contribution in [0.15, 0.2) is 54.6 Å². The molecule has 0 heterocycles. The first-order valence-electron chi connectivity index (χ1n) is 12.2. The Morgan fingerprint density at radius 3 is 2.33 bits per heavy atom. The van der Waals surface area contributed by atoms with Crippen LogP contribution < -0.4 is 10.6 Å². The smallest absolute Gasteiger partial charge is 0.408 e. The number of aryl methyl sites for hydroxylation is 1. The van der Waals surface area contributed by atoms with E-state index in [-0.39, 0.29) is 11.8 Å². The number of benzene rings is 2. The van der Waals surface area contributed by atoms with E-state index in [9.17, 15) is 14.4 Å². The Morgan fingerprint density at radius 1 is 1.06 bits per heavy atom. The van der Waals surface area contributed by atoms with Gasteiger partial charge in [-0.3, -0.25) is 9.59 Å². The lowest BCUT2D eigenvalue weighted by atomic mass is 10.0. The second-order valence-corrected chi connectivity index (χ2v) is 10.6. The standard InChI is InChI=1S/C28H39N3O4S/c1-7-31(26(33)23(16-17-36-6)30-27(34)35-28(3,4)5)24(22-15-11-12-20(2)18-22)25(32)29-19-21-13-9-8-10-14-21/h8-15,18,23-24H,7,16-17,19H2,1-6H3,(H,29,32)(H,30,34). The fraction of sp³-hybridized carbons (Fsp3) is 0.464. The third-order valence-electron chi connectivity index (χ3n) is 5.45. The van der Waals surface area contributed by atoms with Gasteiger partial charge >= 0.3 is 6.09 Å². The molecule has 3 amide bonds. The second kappa shape index (κ2) is 13.9. The monoisotopic (exact) mass is 513 g/mol. The number of likely N-dealkylation sites (N-methyl/N-ethyl adjacent to an activating group) is 1. The van der Waals surface area contributed by atoms with E-state index in [1.165, 1.54) is 4.90 Å². The van der Waals surface area contributed by atoms with Gasteiger partial charge in [0.15, 0.2) is 0 Å². The lowest BCUT2D eigenvalue weighted by Crippen LogP contribution is -2.53. The molecule has 0 saturated carbocycles. The van der Waals surface area contributed by atoms with E-state index in [2.05, 4.69) is 10.6 Å². The van der Waals surface area contributed by atoms with Gasteiger partial charge in [0.1, 0.15) is 17.7 Å². The molecular weight excluding hydrogens is 474 g/mol. The molecule has 0 saturated heterocycles. The molecule has 0 aromatic heterocycles. The van der Waals surface area contributed by atoms with Gasteiger partial charge in [0.05, 0.1) is 0 Å². The van der Waals surface area contributed by atoms with E-state index in [1.54, 1.807) is 32.5 Å². The average molecular weight is 514 g/mol. The first-order valence-corrected chi connectivity index (χ1v) is 13.6. The molecule has 8 heteroatoms. The van der Waals surface area contributed by atoms with E-state index in [0.717, 1.165) is 16.7 Å². The predicted octanol–water partition coefficient (Wildman–Crippen LogP) is 4.85. The summed E-state index contributed by atoms with van der Waals surface area (Å²) >= 11 is 1.58. The highest BCUT2D eigenvalue weighted by Crippen LogP contribution is 2.24. The fourth-order valence-electron chi connectivity index (χ4n) is 3.80. The van der Waals surface area contributed by atoms with Gasteiger partial charge in [0, 0.05) is 13.1 Å². The number of carbonyl (C=O) groups is 3. The van der Waals surface area contributed by atoms with E-state index in [4.69, 9.17) is 4.74 Å². The largest absolute Gasteiger partial charge is 0.444 e. The number of carbonyl (C=O) groups excluding carboxylic acids is 3. The van der Waals surface area contributed by atoms with Crippen molar-refractivity contribution in [2.75, 3.05) is 18.6 Å². The van der Waals surface area contributed by atoms with Gasteiger partial charge in [-0.15, -0.1) is 0 Å². The Hall–Kier alpha value is -3.00. The zero-order valence-electron chi connectivity index (χ0n) is 22.2. The number of hydrogen-bond acceptors (Lipinski definition) is 5. The topological polar surface area (TPSA) is 87.7 Å². The van der Waals surface area contributed by atoms with E-state index >= 15 is 0 Å². The van der Waals surface area contributed by atoms with Crippen molar-refractivity contribution in [2.24, 2.45) is 0 Å². The molecule has 0 radical (unpaired) electrons. The molecular formula is C28H39N3O4S. The third kappa shape index (κ3) is 9.22. The number of thioether (sulfide) groups is 1. The molecule has 0 spiro atoms. The average Bonchev–Trinajstić information content (AvgIpc) is 2.82. The van der Waals surface area contributed by atoms with Crippen molar-refractivity contribution in [3.05, 3.63) is 71.3 Å². The molecule has 2 unspecified atom stereocenters. The maximum Gasteiger partial charge on any atom is 0.408 e. The van der Waals surface area contributed by atoms with E-state index < -0.39 is 23.8 Å². The van der Waals surface area contributed by atoms with Crippen LogP contribution in [-0.4, -0.2) is 53.0 Å². The van der Waals surface area contributed by atoms with Gasteiger partial charge in [0.2, 0.25) is 11.8 Å². The van der Waals surface area contributed by atoms with Gasteiger partial charge in [-0.2, -0.15) is 11.8 Å². The zero-order valence-corrected chi connectivity index (χ0v) is 23.0. The normalized spacial score (nSPS) is 12.8. The molecule has 2 aromatic carbocycles. The Morgan fingerprint density at radius 2 is 1.75 bits per heavy atom. The molecule has 0 fully saturated rings. The van der Waals surface area contributed by atoms with E-state index in [1.807, 2.05) is 74.7 Å². The van der Waals surface area contributed by atoms with Crippen molar-refractivity contribution < 1.29 is 19.1 Å². The minimum Gasteiger partial charge on any atom is -0.444 e. The summed E-state index contributed by atoms with van der Waals surface area (Å²) in [7, 11) is 0. The minimum absolute atomic E-state index is 0.277. The third-order valence-corrected chi connectivity index (χ3v) is 6.09. The quantitative estimate of drug-likeness (QED) is 0.449. The van der Waals surface area contributed by atoms with Crippen molar-refractivity contribution in [1.29, 1.82) is 0 Å². The van der Waals surface area contributed by atoms with Gasteiger partial charge in [0.25, 0.3) is 0 Å². The summed E-state index contributed by atoms with van der Waals surface area (Å²) in [6.45, 7) is 9.75. The summed E-state index contributed by atoms with van der Waals surface area (Å²) in [5, 5.41) is 5.73. The van der Waals surface area contributed by atoms with Crippen LogP contribution in [0.25, 0.3) is 0 Å². The number of ether oxygens (including phenoxy) is 1. The molecule has 2 aromatic rings. The highest BCUT2D eigenvalue weighted by Gasteiger charge is 2.35. The van der Waals surface area contributed by atoms with Crippen LogP contribution in [0.5, 0.6) is 0 Å². The van der Waals surface area contributed by atoms with Crippen molar-refractivity contribution in [2.45, 2.75) is 65.3 Å². The molecule has 0 aliphatic carbocycles. The van der Waals surface area contributed by atoms with Gasteiger partial charge in [-0.25, -0.2) is 4.79 Å². The number of nitrogens with one attached hydrogen (secondary N) is 2. The molecule has 2 atom stereocenters. The highest BCUT2D eigenvalue weighted by atomic mass is 32.2. The number of alkyl carbamates (subject to hydrolysis) is 1. The van der Waals surface area contributed by atoms with Crippen molar-refractivity contribution >= 4 is 29.7 Å². The lowest BCUT2D eigenvalue weighted by molar-refractivity contribution is -0.142. The molecule has 196 valence electrons. The van der Waals surface area contributed by atoms with Gasteiger partial charge < -0.3 is 20.3 Å². The Bertz CT molecular complexity index is 1010. The number of amides is 3. The second-order valence-electron chi connectivity index (χ2n) is 9.62. The molecule has 0 aliphatic rings. The minimum atomic E-state index is -0.844. The van der Waals surface area contributed by atoms with Crippen LogP contribution in [0, 0.1) is 6.92 Å². The summed E-state index contributed by atoms with van der Waals surface area (Å²) in [5.74, 6) is 0.0679. The van der Waals surface area contributed by atoms with E-state index in [0.29, 0.717) is 25.3 Å². The number of nitrogens with zero attached hydrogens (tertiary/aromatic N) is 1. The van der Waals surface area contributed by atoms with Crippen molar-refractivity contribution in [1.82, 2.24) is 15.5 Å². The highest BCUT2D eigenvalue weighted by molar-refractivity contribution is 7.98. The maximum atomic E-state index is 13.8. The zero-order chi connectivity index (χ0) is 26.7. The molecule has 2 rings (SSSR count). The van der Waals surface area contributed by atoms with Crippen molar-refractivity contribution in [3.8, 4) is 0 Å². The predicted molar refractivity (Wildman–Crippen MR) is 146 cm³/mol. The fourth-order valence-corrected chi connectivity index (χ4v) is 4.27. The molecule has 36 heavy (non-hydrogen) atoms. The van der Waals surface area contributed by atoms with Crippen LogP contribution in [0.2, 0.25) is 0 Å². The molecule has 2 N–H and O–H groups in total. The Balaban J connectivity index is 2.35. The number of rotatable bonds is 11. The van der Waals surface area contributed by atoms with Crippen LogP contribution in [0.1, 0.15) is 56.8 Å². The molecule has 0 aliphatic heterocycles. The Labute approximate surface area is 219 Å². The summed E-state index contributed by atoms with van der Waals surface area (Å²) in [6, 6.07) is 15.6.